The second-order valence-electron chi connectivity index (χ2n) is 4.34. The molecule has 0 radical (unpaired) electrons. The highest BCUT2D eigenvalue weighted by atomic mass is 16.5. The molecule has 0 aliphatic carbocycles. The lowest BCUT2D eigenvalue weighted by Crippen LogP contribution is -2.51. The quantitative estimate of drug-likeness (QED) is 0.768. The van der Waals surface area contributed by atoms with Gasteiger partial charge in [0.15, 0.2) is 0 Å². The van der Waals surface area contributed by atoms with Gasteiger partial charge in [-0.25, -0.2) is 0 Å². The van der Waals surface area contributed by atoms with Crippen molar-refractivity contribution >= 4 is 0 Å². The molecule has 2 heterocycles. The molecule has 0 saturated carbocycles. The molecule has 17 heavy (non-hydrogen) atoms. The fraction of sp³-hybridized carbons (Fsp3) is 0.750. The van der Waals surface area contributed by atoms with Crippen LogP contribution in [0.1, 0.15) is 6.92 Å². The highest BCUT2D eigenvalue weighted by molar-refractivity contribution is 4.80. The summed E-state index contributed by atoms with van der Waals surface area (Å²) in [4.78, 5) is 2.49. The Labute approximate surface area is 103 Å². The number of nitrogens with zero attached hydrogens (tertiary/aromatic N) is 3. The van der Waals surface area contributed by atoms with Crippen molar-refractivity contribution in [2.75, 3.05) is 39.4 Å². The average Bonchev–Trinajstić information content (AvgIpc) is 2.88. The van der Waals surface area contributed by atoms with Crippen molar-refractivity contribution in [3.8, 4) is 0 Å². The number of rotatable bonds is 6. The molecule has 0 amide bonds. The van der Waals surface area contributed by atoms with E-state index in [9.17, 15) is 0 Å². The van der Waals surface area contributed by atoms with Gasteiger partial charge in [0.25, 0.3) is 0 Å². The smallest absolute Gasteiger partial charge is 0.0634 e. The molecule has 1 saturated heterocycles. The van der Waals surface area contributed by atoms with Gasteiger partial charge in [0.05, 0.1) is 19.8 Å². The summed E-state index contributed by atoms with van der Waals surface area (Å²) in [5.41, 5.74) is 0. The lowest BCUT2D eigenvalue weighted by molar-refractivity contribution is -0.00833. The van der Waals surface area contributed by atoms with Crippen LogP contribution in [-0.2, 0) is 11.3 Å². The maximum Gasteiger partial charge on any atom is 0.0634 e. The normalized spacial score (nSPS) is 21.8. The van der Waals surface area contributed by atoms with E-state index < -0.39 is 0 Å². The highest BCUT2D eigenvalue weighted by Gasteiger charge is 2.21. The van der Waals surface area contributed by atoms with Crippen molar-refractivity contribution in [1.29, 1.82) is 0 Å². The van der Waals surface area contributed by atoms with Gasteiger partial charge in [-0.2, -0.15) is 5.10 Å². The molecule has 2 rings (SSSR count). The summed E-state index contributed by atoms with van der Waals surface area (Å²) < 4.78 is 7.53. The predicted octanol–water partition coefficient (Wildman–Crippen LogP) is 0.193. The predicted molar refractivity (Wildman–Crippen MR) is 67.0 cm³/mol. The van der Waals surface area contributed by atoms with Gasteiger partial charge in [-0.05, 0) is 12.6 Å². The zero-order valence-electron chi connectivity index (χ0n) is 10.5. The molecule has 1 fully saturated rings. The van der Waals surface area contributed by atoms with Crippen LogP contribution in [0.3, 0.4) is 0 Å². The van der Waals surface area contributed by atoms with E-state index in [-0.39, 0.29) is 0 Å². The SMILES string of the molecule is CCNCC1COCCN1CCn1cccn1. The van der Waals surface area contributed by atoms with Crippen LogP contribution in [0.15, 0.2) is 18.5 Å². The van der Waals surface area contributed by atoms with Gasteiger partial charge >= 0.3 is 0 Å². The molecule has 0 aromatic carbocycles. The zero-order valence-corrected chi connectivity index (χ0v) is 10.5. The van der Waals surface area contributed by atoms with E-state index in [1.54, 1.807) is 0 Å². The minimum atomic E-state index is 0.499. The van der Waals surface area contributed by atoms with E-state index in [0.29, 0.717) is 6.04 Å². The number of hydrogen-bond donors (Lipinski definition) is 1. The Hall–Kier alpha value is -0.910. The second-order valence-corrected chi connectivity index (χ2v) is 4.34. The Bertz CT molecular complexity index is 301. The summed E-state index contributed by atoms with van der Waals surface area (Å²) in [6.07, 6.45) is 3.84. The van der Waals surface area contributed by atoms with Gasteiger partial charge in [-0.3, -0.25) is 9.58 Å². The molecular weight excluding hydrogens is 216 g/mol. The summed E-state index contributed by atoms with van der Waals surface area (Å²) in [6.45, 7) is 8.87. The van der Waals surface area contributed by atoms with E-state index in [1.165, 1.54) is 0 Å². The Morgan fingerprint density at radius 1 is 1.47 bits per heavy atom. The lowest BCUT2D eigenvalue weighted by atomic mass is 10.2. The van der Waals surface area contributed by atoms with Crippen LogP contribution in [0.25, 0.3) is 0 Å². The molecule has 0 spiro atoms. The van der Waals surface area contributed by atoms with Crippen LogP contribution in [-0.4, -0.2) is 60.1 Å². The third-order valence-corrected chi connectivity index (χ3v) is 3.15. The third kappa shape index (κ3) is 3.80. The summed E-state index contributed by atoms with van der Waals surface area (Å²) in [7, 11) is 0. The van der Waals surface area contributed by atoms with E-state index in [1.807, 2.05) is 23.1 Å². The first-order valence-corrected chi connectivity index (χ1v) is 6.40. The Morgan fingerprint density at radius 3 is 3.18 bits per heavy atom. The number of ether oxygens (including phenoxy) is 1. The second kappa shape index (κ2) is 6.74. The third-order valence-electron chi connectivity index (χ3n) is 3.15. The average molecular weight is 238 g/mol. The van der Waals surface area contributed by atoms with Gasteiger partial charge in [0.1, 0.15) is 0 Å². The molecule has 1 atom stereocenters. The summed E-state index contributed by atoms with van der Waals surface area (Å²) >= 11 is 0. The van der Waals surface area contributed by atoms with Crippen LogP contribution in [0.2, 0.25) is 0 Å². The summed E-state index contributed by atoms with van der Waals surface area (Å²) in [5, 5.41) is 7.63. The van der Waals surface area contributed by atoms with Crippen molar-refractivity contribution in [3.63, 3.8) is 0 Å². The van der Waals surface area contributed by atoms with E-state index in [4.69, 9.17) is 4.74 Å². The van der Waals surface area contributed by atoms with Crippen molar-refractivity contribution in [1.82, 2.24) is 20.0 Å². The lowest BCUT2D eigenvalue weighted by Gasteiger charge is -2.35. The molecule has 1 unspecified atom stereocenters. The number of likely N-dealkylation sites (N-methyl/N-ethyl adjacent to an activating group) is 1. The van der Waals surface area contributed by atoms with Crippen LogP contribution < -0.4 is 5.32 Å². The maximum absolute atomic E-state index is 5.54. The van der Waals surface area contributed by atoms with E-state index >= 15 is 0 Å². The van der Waals surface area contributed by atoms with Crippen molar-refractivity contribution in [2.24, 2.45) is 0 Å². The Kier molecular flexibility index (Phi) is 4.97. The van der Waals surface area contributed by atoms with Crippen molar-refractivity contribution in [2.45, 2.75) is 19.5 Å². The van der Waals surface area contributed by atoms with Gasteiger partial charge in [0.2, 0.25) is 0 Å². The maximum atomic E-state index is 5.54. The first-order chi connectivity index (χ1) is 8.40. The molecule has 5 nitrogen and oxygen atoms in total. The number of hydrogen-bond acceptors (Lipinski definition) is 4. The van der Waals surface area contributed by atoms with Crippen molar-refractivity contribution < 1.29 is 4.74 Å². The molecule has 1 aromatic rings. The first kappa shape index (κ1) is 12.5. The highest BCUT2D eigenvalue weighted by Crippen LogP contribution is 2.06. The number of morpholine rings is 1. The van der Waals surface area contributed by atoms with Gasteiger partial charge < -0.3 is 10.1 Å². The molecule has 96 valence electrons. The molecule has 1 aliphatic heterocycles. The largest absolute Gasteiger partial charge is 0.378 e. The topological polar surface area (TPSA) is 42.3 Å². The molecule has 1 N–H and O–H groups in total. The van der Waals surface area contributed by atoms with Gasteiger partial charge in [-0.15, -0.1) is 0 Å². The van der Waals surface area contributed by atoms with E-state index in [2.05, 4.69) is 22.2 Å². The summed E-state index contributed by atoms with van der Waals surface area (Å²) in [5.74, 6) is 0. The minimum absolute atomic E-state index is 0.499. The number of aromatic nitrogens is 2. The first-order valence-electron chi connectivity index (χ1n) is 6.40. The Balaban J connectivity index is 1.79. The van der Waals surface area contributed by atoms with Crippen LogP contribution >= 0.6 is 0 Å². The number of nitrogens with one attached hydrogen (secondary N) is 1. The monoisotopic (exact) mass is 238 g/mol. The molecule has 1 aliphatic rings. The molecule has 1 aromatic heterocycles. The van der Waals surface area contributed by atoms with Crippen molar-refractivity contribution in [3.05, 3.63) is 18.5 Å². The standard InChI is InChI=1S/C12H22N4O/c1-2-13-10-12-11-17-9-8-15(12)6-7-16-5-3-4-14-16/h3-5,12-13H,2,6-11H2,1H3. The Morgan fingerprint density at radius 2 is 2.41 bits per heavy atom. The van der Waals surface area contributed by atoms with Crippen LogP contribution in [0.4, 0.5) is 0 Å². The fourth-order valence-corrected chi connectivity index (χ4v) is 2.15. The van der Waals surface area contributed by atoms with Crippen LogP contribution in [0, 0.1) is 0 Å². The fourth-order valence-electron chi connectivity index (χ4n) is 2.15. The summed E-state index contributed by atoms with van der Waals surface area (Å²) in [6, 6.07) is 2.47. The van der Waals surface area contributed by atoms with Gasteiger partial charge in [-0.1, -0.05) is 6.92 Å². The zero-order chi connectivity index (χ0) is 11.9. The molecule has 5 heteroatoms. The van der Waals surface area contributed by atoms with E-state index in [0.717, 1.165) is 45.9 Å². The van der Waals surface area contributed by atoms with Gasteiger partial charge in [0, 0.05) is 38.1 Å². The molecular formula is C12H22N4O. The minimum Gasteiger partial charge on any atom is -0.378 e. The van der Waals surface area contributed by atoms with Crippen LogP contribution in [0.5, 0.6) is 0 Å². The molecule has 0 bridgehead atoms.